The lowest BCUT2D eigenvalue weighted by atomic mass is 10.0. The predicted molar refractivity (Wildman–Crippen MR) is 297 cm³/mol. The molecule has 5 N–H and O–H groups in total. The topological polar surface area (TPSA) is 196 Å². The summed E-state index contributed by atoms with van der Waals surface area (Å²) in [5.74, 6) is -1.05. The van der Waals surface area contributed by atoms with Gasteiger partial charge in [0.15, 0.2) is 0 Å². The SMILES string of the molecule is Cc1c(C(=O)O)cc2cc(C3=CCOCC3)cn2c1C(C)N1CCOCC1.Cc1cc(C)c(CNC(=O)c2cc3cc(C4=CCOCC4)cn3c(C(C)N3CCOCC3)c2C)c(=O)[nH]1.Cc1cc(C)c(CNCl)c(=O)[nH]1. The molecule has 2 atom stereocenters. The van der Waals surface area contributed by atoms with E-state index in [0.717, 1.165) is 133 Å². The van der Waals surface area contributed by atoms with Crippen molar-refractivity contribution < 1.29 is 33.6 Å². The number of amides is 1. The quantitative estimate of drug-likeness (QED) is 0.0741. The largest absolute Gasteiger partial charge is 0.478 e. The maximum absolute atomic E-state index is 13.5. The van der Waals surface area contributed by atoms with Crippen LogP contribution in [0.25, 0.3) is 22.2 Å². The minimum absolute atomic E-state index is 0.0688. The number of carbonyl (C=O) groups excluding carboxylic acids is 1. The standard InChI is InChI=1S/C29H36N4O4.C21H26N2O4.C8H11ClN2O/c1-18-13-19(2)31-29(35)26(18)16-30-28(34)25-15-24-14-23(22-5-9-36-10-6-22)17-33(24)27(20(25)3)21(4)32-7-11-37-12-8-32;1-14-19(21(24)25)12-18-11-17(16-3-7-26-8-4-16)13-23(18)20(14)15(2)22-5-9-27-10-6-22;1-5-3-6(2)11-8(12)7(5)4-10-9/h5,13-15,17,21H,6-12,16H2,1-4H3,(H,30,34)(H,31,35);3,11-13,15H,4-10H2,1-2H3,(H,24,25);3,10H,4H2,1-2H3,(H,11,12). The molecule has 2 fully saturated rings. The molecule has 6 aromatic heterocycles. The highest BCUT2D eigenvalue weighted by atomic mass is 35.5. The number of ether oxygens (including phenoxy) is 4. The lowest BCUT2D eigenvalue weighted by Gasteiger charge is -2.34. The summed E-state index contributed by atoms with van der Waals surface area (Å²) >= 11 is 5.32. The summed E-state index contributed by atoms with van der Waals surface area (Å²) < 4.78 is 26.4. The summed E-state index contributed by atoms with van der Waals surface area (Å²) in [6.07, 6.45) is 10.4. The van der Waals surface area contributed by atoms with Gasteiger partial charge in [-0.15, -0.1) is 0 Å². The number of aromatic amines is 2. The van der Waals surface area contributed by atoms with Crippen LogP contribution in [0.5, 0.6) is 0 Å². The molecule has 17 nitrogen and oxygen atoms in total. The zero-order valence-corrected chi connectivity index (χ0v) is 45.9. The number of H-pyrrole nitrogens is 2. The molecule has 18 heteroatoms. The van der Waals surface area contributed by atoms with E-state index in [2.05, 4.69) is 89.2 Å². The number of nitrogens with one attached hydrogen (secondary N) is 4. The van der Waals surface area contributed by atoms with E-state index in [1.54, 1.807) is 6.07 Å². The number of aryl methyl sites for hydroxylation is 4. The summed E-state index contributed by atoms with van der Waals surface area (Å²) in [7, 11) is 0. The third-order valence-electron chi connectivity index (χ3n) is 15.2. The van der Waals surface area contributed by atoms with Crippen LogP contribution in [0.1, 0.15) is 127 Å². The summed E-state index contributed by atoms with van der Waals surface area (Å²) in [5, 5.41) is 12.7. The van der Waals surface area contributed by atoms with Crippen LogP contribution in [-0.4, -0.2) is 125 Å². The van der Waals surface area contributed by atoms with Crippen LogP contribution in [0.2, 0.25) is 0 Å². The monoisotopic (exact) mass is 1060 g/mol. The van der Waals surface area contributed by atoms with Crippen LogP contribution < -0.4 is 21.3 Å². The Labute approximate surface area is 448 Å². The highest BCUT2D eigenvalue weighted by molar-refractivity contribution is 6.13. The third kappa shape index (κ3) is 12.8. The molecule has 2 saturated heterocycles. The van der Waals surface area contributed by atoms with Crippen molar-refractivity contribution in [3.8, 4) is 0 Å². The molecule has 0 aromatic carbocycles. The van der Waals surface area contributed by atoms with E-state index in [0.29, 0.717) is 55.2 Å². The Kier molecular flexibility index (Phi) is 18.7. The second-order valence-corrected chi connectivity index (χ2v) is 20.4. The van der Waals surface area contributed by atoms with Crippen molar-refractivity contribution in [2.45, 2.75) is 93.4 Å². The minimum Gasteiger partial charge on any atom is -0.478 e. The van der Waals surface area contributed by atoms with E-state index in [1.165, 1.54) is 11.1 Å². The number of carbonyl (C=O) groups is 2. The molecular weight excluding hydrogens is 988 g/mol. The molecule has 0 aliphatic carbocycles. The van der Waals surface area contributed by atoms with E-state index >= 15 is 0 Å². The Bertz CT molecular complexity index is 3260. The number of hydrogen-bond donors (Lipinski definition) is 5. The number of hydrogen-bond acceptors (Lipinski definition) is 11. The molecule has 6 aromatic rings. The normalized spacial score (nSPS) is 17.2. The van der Waals surface area contributed by atoms with Gasteiger partial charge in [-0.1, -0.05) is 12.2 Å². The molecule has 10 heterocycles. The molecule has 1 amide bonds. The Morgan fingerprint density at radius 3 is 1.46 bits per heavy atom. The lowest BCUT2D eigenvalue weighted by molar-refractivity contribution is 0.0186. The van der Waals surface area contributed by atoms with Crippen LogP contribution >= 0.6 is 11.8 Å². The van der Waals surface area contributed by atoms with Crippen molar-refractivity contribution in [3.05, 3.63) is 160 Å². The fourth-order valence-electron chi connectivity index (χ4n) is 11.0. The molecule has 2 unspecified atom stereocenters. The van der Waals surface area contributed by atoms with Crippen LogP contribution in [0.3, 0.4) is 0 Å². The van der Waals surface area contributed by atoms with Crippen molar-refractivity contribution in [2.24, 2.45) is 0 Å². The fraction of sp³-hybridized carbons (Fsp3) is 0.448. The summed E-state index contributed by atoms with van der Waals surface area (Å²) in [5.41, 5.74) is 16.3. The first-order valence-corrected chi connectivity index (χ1v) is 26.6. The van der Waals surface area contributed by atoms with Gasteiger partial charge in [0.1, 0.15) is 0 Å². The Hall–Kier alpha value is -6.15. The predicted octanol–water partition coefficient (Wildman–Crippen LogP) is 8.06. The van der Waals surface area contributed by atoms with Gasteiger partial charge in [-0.2, -0.15) is 0 Å². The number of fused-ring (bicyclic) bond motifs is 2. The number of rotatable bonds is 12. The van der Waals surface area contributed by atoms with Gasteiger partial charge >= 0.3 is 5.97 Å². The number of carboxylic acid groups (broad SMARTS) is 1. The zero-order chi connectivity index (χ0) is 54.2. The van der Waals surface area contributed by atoms with E-state index in [-0.39, 0.29) is 35.7 Å². The molecule has 4 aliphatic rings. The van der Waals surface area contributed by atoms with Gasteiger partial charge in [0.25, 0.3) is 17.0 Å². The van der Waals surface area contributed by atoms with Gasteiger partial charge < -0.3 is 48.1 Å². The van der Waals surface area contributed by atoms with Crippen molar-refractivity contribution in [3.63, 3.8) is 0 Å². The summed E-state index contributed by atoms with van der Waals surface area (Å²) in [6, 6.07) is 12.1. The highest BCUT2D eigenvalue weighted by Gasteiger charge is 2.28. The molecule has 406 valence electrons. The molecular formula is C58H73ClN8O9. The lowest BCUT2D eigenvalue weighted by Crippen LogP contribution is -2.39. The van der Waals surface area contributed by atoms with Crippen LogP contribution in [-0.2, 0) is 32.0 Å². The fourth-order valence-corrected chi connectivity index (χ4v) is 11.1. The second kappa shape index (κ2) is 25.3. The van der Waals surface area contributed by atoms with Gasteiger partial charge in [-0.05, 0) is 161 Å². The van der Waals surface area contributed by atoms with E-state index in [1.807, 2.05) is 59.7 Å². The van der Waals surface area contributed by atoms with Gasteiger partial charge in [0.05, 0.1) is 58.4 Å². The van der Waals surface area contributed by atoms with E-state index in [9.17, 15) is 24.3 Å². The average Bonchev–Trinajstić information content (AvgIpc) is 4.09. The van der Waals surface area contributed by atoms with Crippen molar-refractivity contribution in [1.29, 1.82) is 0 Å². The average molecular weight is 1060 g/mol. The number of halogens is 1. The van der Waals surface area contributed by atoms with Crippen molar-refractivity contribution in [1.82, 2.24) is 38.7 Å². The second-order valence-electron chi connectivity index (χ2n) is 20.1. The Morgan fingerprint density at radius 2 is 1.05 bits per heavy atom. The summed E-state index contributed by atoms with van der Waals surface area (Å²) in [6.45, 7) is 25.4. The molecule has 0 bridgehead atoms. The molecule has 0 radical (unpaired) electrons. The van der Waals surface area contributed by atoms with Gasteiger partial charge in [-0.25, -0.2) is 9.63 Å². The molecule has 4 aliphatic heterocycles. The van der Waals surface area contributed by atoms with Gasteiger partial charge in [0.2, 0.25) is 0 Å². The summed E-state index contributed by atoms with van der Waals surface area (Å²) in [4.78, 5) is 61.9. The number of carboxylic acids is 1. The highest BCUT2D eigenvalue weighted by Crippen LogP contribution is 2.34. The number of nitrogens with zero attached hydrogens (tertiary/aromatic N) is 4. The number of aromatic nitrogens is 4. The van der Waals surface area contributed by atoms with Crippen LogP contribution in [0.4, 0.5) is 0 Å². The van der Waals surface area contributed by atoms with Crippen LogP contribution in [0, 0.1) is 41.5 Å². The Morgan fingerprint density at radius 1 is 0.618 bits per heavy atom. The minimum atomic E-state index is -0.876. The third-order valence-corrected chi connectivity index (χ3v) is 15.3. The van der Waals surface area contributed by atoms with E-state index < -0.39 is 5.97 Å². The maximum Gasteiger partial charge on any atom is 0.336 e. The first-order chi connectivity index (χ1) is 36.5. The number of pyridine rings is 4. The maximum atomic E-state index is 13.5. The smallest absolute Gasteiger partial charge is 0.336 e. The first-order valence-electron chi connectivity index (χ1n) is 26.3. The van der Waals surface area contributed by atoms with Crippen LogP contribution in [0.15, 0.2) is 70.5 Å². The van der Waals surface area contributed by atoms with Gasteiger partial charge in [-0.3, -0.25) is 24.2 Å². The number of morpholine rings is 2. The van der Waals surface area contributed by atoms with E-state index in [4.69, 9.17) is 30.7 Å². The molecule has 10 rings (SSSR count). The first kappa shape index (κ1) is 56.1. The van der Waals surface area contributed by atoms with Gasteiger partial charge in [0, 0.05) is 114 Å². The number of aromatic carboxylic acids is 1. The molecule has 76 heavy (non-hydrogen) atoms. The Balaban J connectivity index is 0.000000171. The molecule has 0 saturated carbocycles. The van der Waals surface area contributed by atoms with Crippen molar-refractivity contribution >= 4 is 45.8 Å². The molecule has 0 spiro atoms. The zero-order valence-electron chi connectivity index (χ0n) is 45.1. The van der Waals surface area contributed by atoms with Crippen molar-refractivity contribution in [2.75, 3.05) is 79.0 Å².